The maximum absolute atomic E-state index is 3.81. The molecule has 0 aliphatic rings. The number of rotatable bonds is 4. The van der Waals surface area contributed by atoms with Crippen molar-refractivity contribution in [2.45, 2.75) is 40.5 Å². The first-order chi connectivity index (χ1) is 4.98. The molecule has 0 rings (SSSR count). The zero-order chi connectivity index (χ0) is 8.91. The first-order valence-corrected chi connectivity index (χ1v) is 4.25. The Morgan fingerprint density at radius 1 is 1.36 bits per heavy atom. The van der Waals surface area contributed by atoms with Gasteiger partial charge in [-0.05, 0) is 32.1 Å². The van der Waals surface area contributed by atoms with Gasteiger partial charge < -0.3 is 0 Å². The maximum Gasteiger partial charge on any atom is -0.0175 e. The summed E-state index contributed by atoms with van der Waals surface area (Å²) >= 11 is 0. The highest BCUT2D eigenvalue weighted by Crippen LogP contribution is 2.23. The van der Waals surface area contributed by atoms with Crippen LogP contribution in [0.5, 0.6) is 0 Å². The maximum atomic E-state index is 3.81. The van der Waals surface area contributed by atoms with E-state index in [4.69, 9.17) is 0 Å². The van der Waals surface area contributed by atoms with Gasteiger partial charge in [-0.2, -0.15) is 0 Å². The van der Waals surface area contributed by atoms with Crippen LogP contribution in [0.15, 0.2) is 24.3 Å². The molecule has 0 fully saturated rings. The van der Waals surface area contributed by atoms with Crippen molar-refractivity contribution >= 4 is 0 Å². The molecular weight excluding hydrogens is 132 g/mol. The minimum atomic E-state index is 0.298. The van der Waals surface area contributed by atoms with E-state index in [1.165, 1.54) is 18.4 Å². The van der Waals surface area contributed by atoms with Crippen molar-refractivity contribution in [3.63, 3.8) is 0 Å². The van der Waals surface area contributed by atoms with Gasteiger partial charge in [0.2, 0.25) is 0 Å². The SMILES string of the molecule is C=CC(C)(C)CCC=C(C)C. The van der Waals surface area contributed by atoms with Crippen LogP contribution in [0.4, 0.5) is 0 Å². The van der Waals surface area contributed by atoms with Crippen LogP contribution in [-0.2, 0) is 0 Å². The van der Waals surface area contributed by atoms with Crippen LogP contribution < -0.4 is 0 Å². The van der Waals surface area contributed by atoms with Gasteiger partial charge in [-0.25, -0.2) is 0 Å². The van der Waals surface area contributed by atoms with E-state index >= 15 is 0 Å². The molecule has 0 radical (unpaired) electrons. The lowest BCUT2D eigenvalue weighted by Crippen LogP contribution is -2.05. The highest BCUT2D eigenvalue weighted by atomic mass is 14.1. The zero-order valence-corrected chi connectivity index (χ0v) is 8.28. The molecule has 0 atom stereocenters. The molecule has 0 unspecified atom stereocenters. The third-order valence-corrected chi connectivity index (χ3v) is 1.89. The fraction of sp³-hybridized carbons (Fsp3) is 0.636. The van der Waals surface area contributed by atoms with Crippen molar-refractivity contribution in [1.29, 1.82) is 0 Å². The van der Waals surface area contributed by atoms with Gasteiger partial charge in [0.05, 0.1) is 0 Å². The fourth-order valence-corrected chi connectivity index (χ4v) is 0.835. The molecule has 0 heteroatoms. The molecule has 0 aromatic carbocycles. The Bertz CT molecular complexity index is 145. The van der Waals surface area contributed by atoms with Crippen LogP contribution in [0.3, 0.4) is 0 Å². The summed E-state index contributed by atoms with van der Waals surface area (Å²) in [4.78, 5) is 0. The number of allylic oxidation sites excluding steroid dienone is 3. The van der Waals surface area contributed by atoms with Gasteiger partial charge >= 0.3 is 0 Å². The molecule has 0 spiro atoms. The van der Waals surface area contributed by atoms with Crippen LogP contribution in [0.2, 0.25) is 0 Å². The molecule has 0 nitrogen and oxygen atoms in total. The molecule has 0 amide bonds. The molecular formula is C11H20. The summed E-state index contributed by atoms with van der Waals surface area (Å²) in [6.45, 7) is 12.5. The summed E-state index contributed by atoms with van der Waals surface area (Å²) in [5.74, 6) is 0. The van der Waals surface area contributed by atoms with Gasteiger partial charge in [0.15, 0.2) is 0 Å². The molecule has 0 aliphatic carbocycles. The fourth-order valence-electron chi connectivity index (χ4n) is 0.835. The van der Waals surface area contributed by atoms with E-state index in [9.17, 15) is 0 Å². The Morgan fingerprint density at radius 3 is 2.27 bits per heavy atom. The Hall–Kier alpha value is -0.520. The highest BCUT2D eigenvalue weighted by molar-refractivity contribution is 4.96. The monoisotopic (exact) mass is 152 g/mol. The second-order valence-corrected chi connectivity index (χ2v) is 4.01. The number of hydrogen-bond acceptors (Lipinski definition) is 0. The van der Waals surface area contributed by atoms with E-state index in [0.717, 1.165) is 0 Å². The van der Waals surface area contributed by atoms with Gasteiger partial charge in [0.25, 0.3) is 0 Å². The zero-order valence-electron chi connectivity index (χ0n) is 8.28. The molecule has 11 heavy (non-hydrogen) atoms. The summed E-state index contributed by atoms with van der Waals surface area (Å²) in [6, 6.07) is 0. The van der Waals surface area contributed by atoms with Gasteiger partial charge in [-0.3, -0.25) is 0 Å². The van der Waals surface area contributed by atoms with Crippen molar-refractivity contribution in [1.82, 2.24) is 0 Å². The van der Waals surface area contributed by atoms with Crippen molar-refractivity contribution in [3.8, 4) is 0 Å². The van der Waals surface area contributed by atoms with Gasteiger partial charge in [0, 0.05) is 0 Å². The molecule has 0 saturated carbocycles. The first kappa shape index (κ1) is 10.5. The molecule has 0 saturated heterocycles. The first-order valence-electron chi connectivity index (χ1n) is 4.25. The molecule has 0 N–H and O–H groups in total. The van der Waals surface area contributed by atoms with Crippen LogP contribution in [0, 0.1) is 5.41 Å². The minimum absolute atomic E-state index is 0.298. The van der Waals surface area contributed by atoms with E-state index in [1.54, 1.807) is 0 Å². The average Bonchev–Trinajstić information content (AvgIpc) is 1.87. The van der Waals surface area contributed by atoms with E-state index in [2.05, 4.69) is 40.3 Å². The van der Waals surface area contributed by atoms with E-state index in [1.807, 2.05) is 6.08 Å². The molecule has 0 aromatic heterocycles. The third-order valence-electron chi connectivity index (χ3n) is 1.89. The van der Waals surface area contributed by atoms with E-state index < -0.39 is 0 Å². The molecule has 0 heterocycles. The Kier molecular flexibility index (Phi) is 4.17. The van der Waals surface area contributed by atoms with Gasteiger partial charge in [-0.1, -0.05) is 31.6 Å². The molecule has 0 bridgehead atoms. The van der Waals surface area contributed by atoms with Crippen molar-refractivity contribution < 1.29 is 0 Å². The lowest BCUT2D eigenvalue weighted by Gasteiger charge is -2.17. The topological polar surface area (TPSA) is 0 Å². The quantitative estimate of drug-likeness (QED) is 0.535. The van der Waals surface area contributed by atoms with Gasteiger partial charge in [0.1, 0.15) is 0 Å². The lowest BCUT2D eigenvalue weighted by molar-refractivity contribution is 0.443. The normalized spacial score (nSPS) is 10.9. The predicted molar refractivity (Wildman–Crippen MR) is 52.6 cm³/mol. The number of hydrogen-bond donors (Lipinski definition) is 0. The van der Waals surface area contributed by atoms with Crippen LogP contribution in [0.25, 0.3) is 0 Å². The molecule has 64 valence electrons. The summed E-state index contributed by atoms with van der Waals surface area (Å²) in [6.07, 6.45) is 6.68. The van der Waals surface area contributed by atoms with Crippen molar-refractivity contribution in [3.05, 3.63) is 24.3 Å². The largest absolute Gasteiger partial charge is 0.103 e. The summed E-state index contributed by atoms with van der Waals surface area (Å²) in [5, 5.41) is 0. The second kappa shape index (κ2) is 4.38. The summed E-state index contributed by atoms with van der Waals surface area (Å²) < 4.78 is 0. The van der Waals surface area contributed by atoms with Crippen molar-refractivity contribution in [2.24, 2.45) is 5.41 Å². The van der Waals surface area contributed by atoms with Gasteiger partial charge in [-0.15, -0.1) is 6.58 Å². The average molecular weight is 152 g/mol. The predicted octanol–water partition coefficient (Wildman–Crippen LogP) is 3.95. The molecule has 0 aliphatic heterocycles. The lowest BCUT2D eigenvalue weighted by atomic mass is 9.88. The Balaban J connectivity index is 3.71. The second-order valence-electron chi connectivity index (χ2n) is 4.01. The van der Waals surface area contributed by atoms with Crippen LogP contribution >= 0.6 is 0 Å². The Labute approximate surface area is 71.0 Å². The summed E-state index contributed by atoms with van der Waals surface area (Å²) in [7, 11) is 0. The standard InChI is InChI=1S/C11H20/c1-6-11(4,5)9-7-8-10(2)3/h6,8H,1,7,9H2,2-5H3. The van der Waals surface area contributed by atoms with Crippen LogP contribution in [0.1, 0.15) is 40.5 Å². The third kappa shape index (κ3) is 5.90. The Morgan fingerprint density at radius 2 is 1.91 bits per heavy atom. The van der Waals surface area contributed by atoms with Crippen LogP contribution in [-0.4, -0.2) is 0 Å². The highest BCUT2D eigenvalue weighted by Gasteiger charge is 2.10. The van der Waals surface area contributed by atoms with E-state index in [0.29, 0.717) is 5.41 Å². The summed E-state index contributed by atoms with van der Waals surface area (Å²) in [5.41, 5.74) is 1.70. The molecule has 0 aromatic rings. The van der Waals surface area contributed by atoms with E-state index in [-0.39, 0.29) is 0 Å². The van der Waals surface area contributed by atoms with Crippen molar-refractivity contribution in [2.75, 3.05) is 0 Å². The smallest absolute Gasteiger partial charge is 0.0175 e. The minimum Gasteiger partial charge on any atom is -0.103 e.